The summed E-state index contributed by atoms with van der Waals surface area (Å²) in [5.41, 5.74) is 1.28. The molecule has 0 atom stereocenters. The fourth-order valence-corrected chi connectivity index (χ4v) is 2.86. The largest absolute Gasteiger partial charge is 0.379 e. The summed E-state index contributed by atoms with van der Waals surface area (Å²) in [5.74, 6) is 3.18. The Kier molecular flexibility index (Phi) is 7.15. The van der Waals surface area contributed by atoms with Crippen LogP contribution in [0.1, 0.15) is 5.56 Å². The van der Waals surface area contributed by atoms with Crippen LogP contribution in [0.25, 0.3) is 0 Å². The highest BCUT2D eigenvalue weighted by atomic mass is 32.2. The Hall–Kier alpha value is -2.49. The first-order valence-electron chi connectivity index (χ1n) is 7.41. The Bertz CT molecular complexity index is 714. The number of anilines is 1. The number of rotatable bonds is 9. The molecule has 2 aromatic rings. The van der Waals surface area contributed by atoms with Crippen molar-refractivity contribution in [3.63, 3.8) is 0 Å². The topological polar surface area (TPSA) is 64.4 Å². The Labute approximate surface area is 145 Å². The molecule has 0 aromatic heterocycles. The summed E-state index contributed by atoms with van der Waals surface area (Å²) in [5, 5.41) is 14.4. The summed E-state index contributed by atoms with van der Waals surface area (Å²) >= 11 is 1.70. The van der Waals surface area contributed by atoms with Gasteiger partial charge in [0.2, 0.25) is 0 Å². The van der Waals surface area contributed by atoms with Gasteiger partial charge in [-0.2, -0.15) is 0 Å². The number of nitro benzene ring substituents is 1. The van der Waals surface area contributed by atoms with Crippen LogP contribution in [0, 0.1) is 22.5 Å². The van der Waals surface area contributed by atoms with E-state index in [1.165, 1.54) is 11.0 Å². The normalized spacial score (nSPS) is 10.1. The van der Waals surface area contributed by atoms with Gasteiger partial charge in [-0.05, 0) is 23.8 Å². The first-order valence-corrected chi connectivity index (χ1v) is 8.39. The van der Waals surface area contributed by atoms with Gasteiger partial charge in [0.15, 0.2) is 0 Å². The van der Waals surface area contributed by atoms with Crippen LogP contribution in [0.4, 0.5) is 11.4 Å². The Balaban J connectivity index is 1.91. The average molecular weight is 342 g/mol. The van der Waals surface area contributed by atoms with Gasteiger partial charge in [-0.3, -0.25) is 10.1 Å². The van der Waals surface area contributed by atoms with E-state index in [9.17, 15) is 10.1 Å². The monoisotopic (exact) mass is 342 g/mol. The molecule has 0 bridgehead atoms. The lowest BCUT2D eigenvalue weighted by Gasteiger charge is -2.09. The van der Waals surface area contributed by atoms with Crippen molar-refractivity contribution in [3.8, 4) is 12.3 Å². The molecule has 0 radical (unpaired) electrons. The minimum absolute atomic E-state index is 0.0431. The van der Waals surface area contributed by atoms with Gasteiger partial charge in [0.25, 0.3) is 5.69 Å². The van der Waals surface area contributed by atoms with Crippen molar-refractivity contribution in [1.29, 1.82) is 0 Å². The van der Waals surface area contributed by atoms with E-state index in [0.717, 1.165) is 11.3 Å². The van der Waals surface area contributed by atoms with Crippen molar-refractivity contribution < 1.29 is 9.66 Å². The maximum Gasteiger partial charge on any atom is 0.292 e. The molecule has 0 aliphatic rings. The maximum absolute atomic E-state index is 11.2. The predicted octanol–water partition coefficient (Wildman–Crippen LogP) is 3.95. The molecule has 0 unspecified atom stereocenters. The number of terminal acetylenes is 1. The zero-order chi connectivity index (χ0) is 17.2. The van der Waals surface area contributed by atoms with E-state index < -0.39 is 4.92 Å². The molecular formula is C18H18N2O3S. The highest BCUT2D eigenvalue weighted by Gasteiger charge is 2.14. The molecule has 0 saturated carbocycles. The van der Waals surface area contributed by atoms with Gasteiger partial charge in [-0.1, -0.05) is 30.2 Å². The van der Waals surface area contributed by atoms with E-state index in [1.807, 2.05) is 30.3 Å². The van der Waals surface area contributed by atoms with Crippen molar-refractivity contribution >= 4 is 23.1 Å². The number of ether oxygens (including phenoxy) is 1. The van der Waals surface area contributed by atoms with Gasteiger partial charge >= 0.3 is 0 Å². The number of benzene rings is 2. The molecular weight excluding hydrogens is 324 g/mol. The van der Waals surface area contributed by atoms with E-state index in [2.05, 4.69) is 11.2 Å². The van der Waals surface area contributed by atoms with Crippen LogP contribution >= 0.6 is 11.8 Å². The summed E-state index contributed by atoms with van der Waals surface area (Å²) in [6.45, 7) is 1.08. The third-order valence-electron chi connectivity index (χ3n) is 3.14. The predicted molar refractivity (Wildman–Crippen MR) is 97.2 cm³/mol. The van der Waals surface area contributed by atoms with E-state index in [0.29, 0.717) is 12.2 Å². The smallest absolute Gasteiger partial charge is 0.292 e. The maximum atomic E-state index is 11.2. The molecule has 2 aromatic carbocycles. The van der Waals surface area contributed by atoms with E-state index >= 15 is 0 Å². The fraction of sp³-hybridized carbons (Fsp3) is 0.222. The highest BCUT2D eigenvalue weighted by molar-refractivity contribution is 7.99. The van der Waals surface area contributed by atoms with Gasteiger partial charge in [0.05, 0.1) is 11.5 Å². The van der Waals surface area contributed by atoms with Crippen LogP contribution in [0.3, 0.4) is 0 Å². The van der Waals surface area contributed by atoms with Crippen LogP contribution < -0.4 is 5.32 Å². The number of nitrogens with one attached hydrogen (secondary N) is 1. The molecule has 24 heavy (non-hydrogen) atoms. The zero-order valence-electron chi connectivity index (χ0n) is 13.1. The molecule has 6 heteroatoms. The van der Waals surface area contributed by atoms with Gasteiger partial charge in [-0.15, -0.1) is 18.2 Å². The first kappa shape index (κ1) is 17.9. The Morgan fingerprint density at radius 3 is 2.75 bits per heavy atom. The van der Waals surface area contributed by atoms with Crippen molar-refractivity contribution in [2.75, 3.05) is 24.2 Å². The van der Waals surface area contributed by atoms with Crippen molar-refractivity contribution in [3.05, 3.63) is 64.2 Å². The Morgan fingerprint density at radius 2 is 2.04 bits per heavy atom. The molecule has 124 valence electrons. The second-order valence-corrected chi connectivity index (χ2v) is 6.06. The lowest BCUT2D eigenvalue weighted by molar-refractivity contribution is -0.384. The number of hydrogen-bond acceptors (Lipinski definition) is 5. The number of nitro groups is 1. The molecule has 0 aliphatic heterocycles. The number of thioether (sulfide) groups is 1. The van der Waals surface area contributed by atoms with Crippen LogP contribution in [-0.4, -0.2) is 23.8 Å². The molecule has 0 fully saturated rings. The van der Waals surface area contributed by atoms with Gasteiger partial charge in [-0.25, -0.2) is 0 Å². The van der Waals surface area contributed by atoms with Crippen molar-refractivity contribution in [2.24, 2.45) is 0 Å². The molecule has 1 N–H and O–H groups in total. The summed E-state index contributed by atoms with van der Waals surface area (Å²) in [7, 11) is 0. The van der Waals surface area contributed by atoms with Gasteiger partial charge < -0.3 is 10.1 Å². The molecule has 0 heterocycles. The fourth-order valence-electron chi connectivity index (χ4n) is 2.07. The third kappa shape index (κ3) is 5.61. The van der Waals surface area contributed by atoms with Crippen molar-refractivity contribution in [2.45, 2.75) is 11.5 Å². The van der Waals surface area contributed by atoms with E-state index in [4.69, 9.17) is 11.2 Å². The molecule has 0 spiro atoms. The van der Waals surface area contributed by atoms with Gasteiger partial charge in [0, 0.05) is 23.3 Å². The minimum atomic E-state index is -0.392. The van der Waals surface area contributed by atoms with Gasteiger partial charge in [0.1, 0.15) is 12.3 Å². The summed E-state index contributed by atoms with van der Waals surface area (Å²) in [4.78, 5) is 12.0. The number of hydrogen-bond donors (Lipinski definition) is 1. The second kappa shape index (κ2) is 9.60. The standard InChI is InChI=1S/C18H18N2O3S/c1-2-11-23-14-15-8-9-17(18(13-15)20(21)22)19-10-12-24-16-6-4-3-5-7-16/h1,3-9,13,19H,10-12,14H2. The van der Waals surface area contributed by atoms with E-state index in [-0.39, 0.29) is 18.9 Å². The van der Waals surface area contributed by atoms with Crippen LogP contribution in [0.5, 0.6) is 0 Å². The summed E-state index contributed by atoms with van der Waals surface area (Å²) in [6, 6.07) is 15.1. The van der Waals surface area contributed by atoms with Crippen molar-refractivity contribution in [1.82, 2.24) is 0 Å². The highest BCUT2D eigenvalue weighted by Crippen LogP contribution is 2.26. The van der Waals surface area contributed by atoms with Crippen LogP contribution in [-0.2, 0) is 11.3 Å². The summed E-state index contributed by atoms with van der Waals surface area (Å²) < 4.78 is 5.21. The second-order valence-electron chi connectivity index (χ2n) is 4.89. The lowest BCUT2D eigenvalue weighted by atomic mass is 10.2. The minimum Gasteiger partial charge on any atom is -0.379 e. The molecule has 5 nitrogen and oxygen atoms in total. The molecule has 0 saturated heterocycles. The Morgan fingerprint density at radius 1 is 1.25 bits per heavy atom. The lowest BCUT2D eigenvalue weighted by Crippen LogP contribution is -2.07. The SMILES string of the molecule is C#CCOCc1ccc(NCCSc2ccccc2)c([N+](=O)[O-])c1. The molecule has 2 rings (SSSR count). The van der Waals surface area contributed by atoms with Crippen LogP contribution in [0.2, 0.25) is 0 Å². The number of nitrogens with zero attached hydrogens (tertiary/aromatic N) is 1. The quantitative estimate of drug-likeness (QED) is 0.246. The van der Waals surface area contributed by atoms with E-state index in [1.54, 1.807) is 23.9 Å². The molecule has 0 amide bonds. The third-order valence-corrected chi connectivity index (χ3v) is 4.16. The average Bonchev–Trinajstić information content (AvgIpc) is 2.60. The first-order chi connectivity index (χ1) is 11.7. The van der Waals surface area contributed by atoms with Crippen LogP contribution in [0.15, 0.2) is 53.4 Å². The summed E-state index contributed by atoms with van der Waals surface area (Å²) in [6.07, 6.45) is 5.11. The zero-order valence-corrected chi connectivity index (χ0v) is 13.9. The molecule has 0 aliphatic carbocycles.